The van der Waals surface area contributed by atoms with Crippen LogP contribution in [0.3, 0.4) is 0 Å². The van der Waals surface area contributed by atoms with Gasteiger partial charge in [0.05, 0.1) is 25.0 Å². The van der Waals surface area contributed by atoms with Crippen molar-refractivity contribution in [2.24, 2.45) is 16.8 Å². The van der Waals surface area contributed by atoms with Gasteiger partial charge in [0.2, 0.25) is 5.88 Å². The quantitative estimate of drug-likeness (QED) is 0.454. The molecule has 0 aromatic carbocycles. The Morgan fingerprint density at radius 3 is 2.75 bits per heavy atom. The van der Waals surface area contributed by atoms with E-state index < -0.39 is 5.97 Å². The molecule has 0 unspecified atom stereocenters. The van der Waals surface area contributed by atoms with Crippen LogP contribution >= 0.6 is 0 Å². The van der Waals surface area contributed by atoms with E-state index in [1.54, 1.807) is 0 Å². The van der Waals surface area contributed by atoms with Gasteiger partial charge in [-0.2, -0.15) is 9.97 Å². The van der Waals surface area contributed by atoms with Crippen molar-refractivity contribution in [3.63, 3.8) is 0 Å². The lowest BCUT2D eigenvalue weighted by molar-refractivity contribution is -0.138. The van der Waals surface area contributed by atoms with Gasteiger partial charge in [0.1, 0.15) is 12.2 Å². The summed E-state index contributed by atoms with van der Waals surface area (Å²) in [5, 5.41) is 9.04. The van der Waals surface area contributed by atoms with E-state index in [4.69, 9.17) is 19.6 Å². The normalized spacial score (nSPS) is 20.6. The monoisotopic (exact) mass is 493 g/mol. The maximum Gasteiger partial charge on any atom is 0.321 e. The van der Waals surface area contributed by atoms with E-state index >= 15 is 0 Å². The minimum absolute atomic E-state index is 0.275. The number of anilines is 1. The van der Waals surface area contributed by atoms with Crippen LogP contribution in [0.4, 0.5) is 11.5 Å². The SMILES string of the molecule is CC(C)CCCCOc1nc2c3c(n1)OCCN(c1ccc([C@H]4CC[C@@H](CC(=O)O)CC4)nc1)C3=N2. The number of aliphatic carboxylic acids is 1. The minimum Gasteiger partial charge on any atom is -0.481 e. The fourth-order valence-corrected chi connectivity index (χ4v) is 5.27. The molecule has 192 valence electrons. The molecule has 0 bridgehead atoms. The Morgan fingerprint density at radius 2 is 2.03 bits per heavy atom. The summed E-state index contributed by atoms with van der Waals surface area (Å²) < 4.78 is 11.7. The Labute approximate surface area is 212 Å². The topological polar surface area (TPSA) is 110 Å². The number of hydrogen-bond donors (Lipinski definition) is 1. The van der Waals surface area contributed by atoms with Gasteiger partial charge in [-0.3, -0.25) is 9.78 Å². The van der Waals surface area contributed by atoms with Crippen molar-refractivity contribution >= 4 is 23.3 Å². The van der Waals surface area contributed by atoms with E-state index in [0.717, 1.165) is 61.3 Å². The van der Waals surface area contributed by atoms with Crippen LogP contribution in [0.15, 0.2) is 23.3 Å². The fraction of sp³-hybridized carbons (Fsp3) is 0.593. The lowest BCUT2D eigenvalue weighted by atomic mass is 9.79. The molecule has 1 aliphatic carbocycles. The van der Waals surface area contributed by atoms with Crippen molar-refractivity contribution in [3.05, 3.63) is 29.6 Å². The highest BCUT2D eigenvalue weighted by Gasteiger charge is 2.35. The third-order valence-electron chi connectivity index (χ3n) is 7.30. The van der Waals surface area contributed by atoms with Gasteiger partial charge in [0, 0.05) is 18.0 Å². The molecule has 2 aromatic rings. The number of aromatic nitrogens is 3. The van der Waals surface area contributed by atoms with Crippen molar-refractivity contribution in [1.29, 1.82) is 0 Å². The molecule has 1 N–H and O–H groups in total. The number of carboxylic acids is 1. The molecular weight excluding hydrogens is 458 g/mol. The molecule has 2 aromatic heterocycles. The van der Waals surface area contributed by atoms with Gasteiger partial charge in [-0.1, -0.05) is 20.3 Å². The Hall–Kier alpha value is -3.23. The number of carboxylic acid groups (broad SMARTS) is 1. The number of pyridine rings is 1. The summed E-state index contributed by atoms with van der Waals surface area (Å²) in [6, 6.07) is 4.51. The Kier molecular flexibility index (Phi) is 7.34. The van der Waals surface area contributed by atoms with Gasteiger partial charge in [-0.25, -0.2) is 4.99 Å². The molecule has 9 heteroatoms. The number of amidine groups is 1. The summed E-state index contributed by atoms with van der Waals surface area (Å²) in [5.41, 5.74) is 2.87. The predicted octanol–water partition coefficient (Wildman–Crippen LogP) is 5.12. The van der Waals surface area contributed by atoms with Crippen LogP contribution in [0, 0.1) is 11.8 Å². The molecule has 0 atom stereocenters. The summed E-state index contributed by atoms with van der Waals surface area (Å²) in [4.78, 5) is 31.5. The van der Waals surface area contributed by atoms with Crippen molar-refractivity contribution in [2.45, 2.75) is 71.1 Å². The summed E-state index contributed by atoms with van der Waals surface area (Å²) >= 11 is 0. The predicted molar refractivity (Wildman–Crippen MR) is 136 cm³/mol. The van der Waals surface area contributed by atoms with Gasteiger partial charge in [-0.15, -0.1) is 0 Å². The lowest BCUT2D eigenvalue weighted by Crippen LogP contribution is -2.36. The second kappa shape index (κ2) is 10.8. The van der Waals surface area contributed by atoms with E-state index in [-0.39, 0.29) is 6.42 Å². The number of unbranched alkanes of at least 4 members (excludes halogenated alkanes) is 1. The Morgan fingerprint density at radius 1 is 1.19 bits per heavy atom. The number of carbonyl (C=O) groups is 1. The molecule has 36 heavy (non-hydrogen) atoms. The number of ether oxygens (including phenoxy) is 2. The smallest absolute Gasteiger partial charge is 0.321 e. The molecule has 0 spiro atoms. The molecule has 3 aliphatic rings. The molecule has 0 saturated heterocycles. The van der Waals surface area contributed by atoms with Gasteiger partial charge >= 0.3 is 12.0 Å². The highest BCUT2D eigenvalue weighted by Crippen LogP contribution is 2.40. The molecule has 5 rings (SSSR count). The van der Waals surface area contributed by atoms with Crippen LogP contribution in [-0.2, 0) is 4.79 Å². The summed E-state index contributed by atoms with van der Waals surface area (Å²) in [7, 11) is 0. The second-order valence-electron chi connectivity index (χ2n) is 10.4. The molecule has 1 fully saturated rings. The van der Waals surface area contributed by atoms with Crippen molar-refractivity contribution in [2.75, 3.05) is 24.7 Å². The molecule has 9 nitrogen and oxygen atoms in total. The minimum atomic E-state index is -0.697. The maximum atomic E-state index is 11.0. The molecule has 2 aliphatic heterocycles. The number of nitrogens with zero attached hydrogens (tertiary/aromatic N) is 5. The van der Waals surface area contributed by atoms with E-state index in [1.165, 1.54) is 6.42 Å². The van der Waals surface area contributed by atoms with Crippen LogP contribution in [0.25, 0.3) is 0 Å². The highest BCUT2D eigenvalue weighted by atomic mass is 16.5. The van der Waals surface area contributed by atoms with Crippen LogP contribution in [0.1, 0.15) is 82.4 Å². The number of rotatable bonds is 10. The largest absolute Gasteiger partial charge is 0.481 e. The van der Waals surface area contributed by atoms with E-state index in [1.807, 2.05) is 6.20 Å². The summed E-state index contributed by atoms with van der Waals surface area (Å²) in [5.74, 6) is 2.64. The zero-order valence-corrected chi connectivity index (χ0v) is 21.2. The molecule has 0 amide bonds. The number of hydrogen-bond acceptors (Lipinski definition) is 8. The first-order valence-electron chi connectivity index (χ1n) is 13.2. The van der Waals surface area contributed by atoms with Gasteiger partial charge < -0.3 is 19.5 Å². The van der Waals surface area contributed by atoms with Crippen LogP contribution < -0.4 is 14.4 Å². The van der Waals surface area contributed by atoms with E-state index in [2.05, 4.69) is 45.8 Å². The maximum absolute atomic E-state index is 11.0. The zero-order valence-electron chi connectivity index (χ0n) is 21.2. The first-order valence-corrected chi connectivity index (χ1v) is 13.2. The molecule has 1 saturated carbocycles. The first-order chi connectivity index (χ1) is 17.5. The lowest BCUT2D eigenvalue weighted by Gasteiger charge is -2.29. The third kappa shape index (κ3) is 5.44. The number of aliphatic imine (C=N–C) groups is 1. The molecule has 4 heterocycles. The van der Waals surface area contributed by atoms with Crippen LogP contribution in [0.5, 0.6) is 11.9 Å². The van der Waals surface area contributed by atoms with Crippen molar-refractivity contribution in [1.82, 2.24) is 15.0 Å². The molecular formula is C27H35N5O4. The summed E-state index contributed by atoms with van der Waals surface area (Å²) in [6.07, 6.45) is 9.35. The van der Waals surface area contributed by atoms with Crippen LogP contribution in [-0.4, -0.2) is 51.6 Å². The van der Waals surface area contributed by atoms with E-state index in [9.17, 15) is 4.79 Å². The average molecular weight is 494 g/mol. The van der Waals surface area contributed by atoms with Gasteiger partial charge in [0.25, 0.3) is 0 Å². The van der Waals surface area contributed by atoms with Gasteiger partial charge in [0.15, 0.2) is 11.7 Å². The first kappa shape index (κ1) is 24.5. The second-order valence-corrected chi connectivity index (χ2v) is 10.4. The highest BCUT2D eigenvalue weighted by molar-refractivity contribution is 6.20. The van der Waals surface area contributed by atoms with E-state index in [0.29, 0.717) is 55.2 Å². The van der Waals surface area contributed by atoms with Crippen molar-refractivity contribution in [3.8, 4) is 11.9 Å². The fourth-order valence-electron chi connectivity index (χ4n) is 5.27. The zero-order chi connectivity index (χ0) is 25.1. The van der Waals surface area contributed by atoms with Gasteiger partial charge in [-0.05, 0) is 62.5 Å². The standard InChI is InChI=1S/C27H35N5O4/c1-17(2)5-3-4-13-36-27-30-24-23-25(29-24)32(12-14-35-26(23)31-27)20-10-11-21(28-16-20)19-8-6-18(7-9-19)15-22(33)34/h10-11,16-19H,3-9,12-15H2,1-2H3,(H,33,34)/t18-,19+. The Bertz CT molecular complexity index is 1110. The molecule has 0 radical (unpaired) electrons. The Balaban J connectivity index is 1.21. The average Bonchev–Trinajstić information content (AvgIpc) is 3.00. The van der Waals surface area contributed by atoms with Crippen LogP contribution in [0.2, 0.25) is 0 Å². The third-order valence-corrected chi connectivity index (χ3v) is 7.30. The van der Waals surface area contributed by atoms with Crippen molar-refractivity contribution < 1.29 is 19.4 Å². The summed E-state index contributed by atoms with van der Waals surface area (Å²) in [6.45, 7) is 6.17.